The van der Waals surface area contributed by atoms with Gasteiger partial charge in [-0.1, -0.05) is 0 Å². The van der Waals surface area contributed by atoms with E-state index in [0.29, 0.717) is 6.92 Å². The average Bonchev–Trinajstić information content (AvgIpc) is 2.22. The molecule has 14 heteroatoms. The molecular formula is C10H6F10O4. The molecule has 1 N–H and O–H groups in total. The lowest BCUT2D eigenvalue weighted by Gasteiger charge is -2.34. The van der Waals surface area contributed by atoms with Gasteiger partial charge in [-0.25, -0.2) is 9.18 Å². The smallest absolute Gasteiger partial charge is 0.425 e. The predicted molar refractivity (Wildman–Crippen MR) is 53.0 cm³/mol. The molecule has 0 amide bonds. The number of aliphatic carboxylic acids is 1. The number of halogens is 10. The molecule has 0 heterocycles. The van der Waals surface area contributed by atoms with Gasteiger partial charge in [-0.05, 0) is 6.92 Å². The zero-order chi connectivity index (χ0) is 19.7. The predicted octanol–water partition coefficient (Wildman–Crippen LogP) is 3.53. The van der Waals surface area contributed by atoms with Gasteiger partial charge in [-0.15, -0.1) is 0 Å². The highest BCUT2D eigenvalue weighted by molar-refractivity contribution is 5.92. The van der Waals surface area contributed by atoms with Gasteiger partial charge >= 0.3 is 35.9 Å². The van der Waals surface area contributed by atoms with E-state index in [0.717, 1.165) is 0 Å². The van der Waals surface area contributed by atoms with Crippen LogP contribution in [0.2, 0.25) is 0 Å². The zero-order valence-electron chi connectivity index (χ0n) is 11.2. The third-order valence-corrected chi connectivity index (χ3v) is 2.48. The minimum Gasteiger partial charge on any atom is -0.478 e. The second-order valence-corrected chi connectivity index (χ2v) is 3.96. The third-order valence-electron chi connectivity index (χ3n) is 2.48. The number of carboxylic acid groups (broad SMARTS) is 1. The second-order valence-electron chi connectivity index (χ2n) is 3.96. The Morgan fingerprint density at radius 2 is 1.29 bits per heavy atom. The highest BCUT2D eigenvalue weighted by Gasteiger charge is 2.81. The summed E-state index contributed by atoms with van der Waals surface area (Å²) < 4.78 is 131. The molecule has 0 spiro atoms. The molecule has 0 radical (unpaired) electrons. The lowest BCUT2D eigenvalue weighted by molar-refractivity contribution is -0.323. The molecule has 24 heavy (non-hydrogen) atoms. The van der Waals surface area contributed by atoms with Gasteiger partial charge in [-0.2, -0.15) is 39.5 Å². The summed E-state index contributed by atoms with van der Waals surface area (Å²) in [6.07, 6.45) is -20.5. The lowest BCUT2D eigenvalue weighted by atomic mass is 9.82. The Balaban J connectivity index is 7.19. The standard InChI is InChI=1S/C10H6F10O4/c1-2-24-6(23)7(9(15,16)17,10(18,19)20)4(11)3(5(21)22)8(12,13)14/h2H2,1H3,(H,21,22). The molecule has 0 saturated heterocycles. The van der Waals surface area contributed by atoms with E-state index in [-0.39, 0.29) is 0 Å². The highest BCUT2D eigenvalue weighted by Crippen LogP contribution is 2.58. The molecule has 0 aliphatic heterocycles. The van der Waals surface area contributed by atoms with Crippen molar-refractivity contribution in [2.24, 2.45) is 5.41 Å². The van der Waals surface area contributed by atoms with Crippen LogP contribution in [-0.2, 0) is 14.3 Å². The number of hydrogen-bond acceptors (Lipinski definition) is 3. The highest BCUT2D eigenvalue weighted by atomic mass is 19.4. The molecule has 0 fully saturated rings. The largest absolute Gasteiger partial charge is 0.478 e. The first-order valence-corrected chi connectivity index (χ1v) is 5.47. The molecule has 0 atom stereocenters. The summed E-state index contributed by atoms with van der Waals surface area (Å²) in [4.78, 5) is 21.5. The van der Waals surface area contributed by atoms with E-state index in [1.54, 1.807) is 0 Å². The van der Waals surface area contributed by atoms with Crippen LogP contribution in [0.15, 0.2) is 11.4 Å². The molecule has 0 aliphatic carbocycles. The lowest BCUT2D eigenvalue weighted by Crippen LogP contribution is -2.57. The zero-order valence-corrected chi connectivity index (χ0v) is 11.2. The quantitative estimate of drug-likeness (QED) is 0.461. The number of ether oxygens (including phenoxy) is 1. The maximum Gasteiger partial charge on any atom is 0.425 e. The molecule has 0 aromatic rings. The van der Waals surface area contributed by atoms with Crippen LogP contribution in [0.4, 0.5) is 43.9 Å². The van der Waals surface area contributed by atoms with Crippen molar-refractivity contribution in [3.05, 3.63) is 11.4 Å². The van der Waals surface area contributed by atoms with E-state index in [4.69, 9.17) is 5.11 Å². The molecule has 0 aromatic heterocycles. The van der Waals surface area contributed by atoms with E-state index in [1.165, 1.54) is 0 Å². The molecule has 0 aromatic carbocycles. The molecule has 0 saturated carbocycles. The van der Waals surface area contributed by atoms with Gasteiger partial charge in [0, 0.05) is 0 Å². The van der Waals surface area contributed by atoms with Crippen molar-refractivity contribution in [3.8, 4) is 0 Å². The Morgan fingerprint density at radius 3 is 1.50 bits per heavy atom. The molecule has 0 bridgehead atoms. The van der Waals surface area contributed by atoms with Crippen LogP contribution in [-0.4, -0.2) is 42.2 Å². The number of esters is 1. The minimum atomic E-state index is -7.02. The fourth-order valence-electron chi connectivity index (χ4n) is 1.50. The van der Waals surface area contributed by atoms with Crippen molar-refractivity contribution in [1.29, 1.82) is 0 Å². The monoisotopic (exact) mass is 380 g/mol. The van der Waals surface area contributed by atoms with Gasteiger partial charge in [0.15, 0.2) is 11.4 Å². The normalized spacial score (nSPS) is 15.0. The third kappa shape index (κ3) is 3.56. The van der Waals surface area contributed by atoms with Crippen LogP contribution in [0.25, 0.3) is 0 Å². The maximum atomic E-state index is 13.7. The van der Waals surface area contributed by atoms with Gasteiger partial charge in [0.05, 0.1) is 6.61 Å². The Bertz CT molecular complexity index is 525. The van der Waals surface area contributed by atoms with E-state index in [9.17, 15) is 53.5 Å². The number of carboxylic acids is 1. The Morgan fingerprint density at radius 1 is 0.917 bits per heavy atom. The number of rotatable bonds is 4. The van der Waals surface area contributed by atoms with Crippen molar-refractivity contribution in [3.63, 3.8) is 0 Å². The Hall–Kier alpha value is -2.02. The SMILES string of the molecule is CCOC(=O)C(C(F)=C(C(=O)O)C(F)(F)F)(C(F)(F)F)C(F)(F)F. The summed E-state index contributed by atoms with van der Waals surface area (Å²) in [7, 11) is 0. The molecule has 140 valence electrons. The Kier molecular flexibility index (Phi) is 5.93. The van der Waals surface area contributed by atoms with Gasteiger partial charge in [0.25, 0.3) is 0 Å². The van der Waals surface area contributed by atoms with Gasteiger partial charge in [0.2, 0.25) is 0 Å². The average molecular weight is 380 g/mol. The molecule has 0 aliphatic rings. The van der Waals surface area contributed by atoms with E-state index in [1.807, 2.05) is 0 Å². The fourth-order valence-corrected chi connectivity index (χ4v) is 1.50. The van der Waals surface area contributed by atoms with Crippen LogP contribution >= 0.6 is 0 Å². The van der Waals surface area contributed by atoms with Crippen LogP contribution in [0.5, 0.6) is 0 Å². The van der Waals surface area contributed by atoms with Crippen LogP contribution in [0.1, 0.15) is 6.92 Å². The maximum absolute atomic E-state index is 13.7. The molecule has 0 rings (SSSR count). The summed E-state index contributed by atoms with van der Waals surface area (Å²) in [5, 5.41) is 8.18. The van der Waals surface area contributed by atoms with Crippen molar-refractivity contribution in [2.45, 2.75) is 25.5 Å². The molecule has 0 unspecified atom stereocenters. The van der Waals surface area contributed by atoms with E-state index < -0.39 is 53.9 Å². The summed E-state index contributed by atoms with van der Waals surface area (Å²) in [5.41, 5.74) is -10.3. The number of hydrogen-bond donors (Lipinski definition) is 1. The van der Waals surface area contributed by atoms with Crippen molar-refractivity contribution in [2.75, 3.05) is 6.61 Å². The van der Waals surface area contributed by atoms with Gasteiger partial charge in [-0.3, -0.25) is 4.79 Å². The first-order valence-electron chi connectivity index (χ1n) is 5.47. The minimum absolute atomic E-state index is 0.693. The topological polar surface area (TPSA) is 63.6 Å². The molecule has 4 nitrogen and oxygen atoms in total. The van der Waals surface area contributed by atoms with E-state index in [2.05, 4.69) is 4.74 Å². The summed E-state index contributed by atoms with van der Waals surface area (Å²) in [6.45, 7) is -0.493. The van der Waals surface area contributed by atoms with Crippen LogP contribution in [0, 0.1) is 5.41 Å². The van der Waals surface area contributed by atoms with Crippen molar-refractivity contribution >= 4 is 11.9 Å². The van der Waals surface area contributed by atoms with Gasteiger partial charge < -0.3 is 9.84 Å². The van der Waals surface area contributed by atoms with E-state index >= 15 is 0 Å². The first kappa shape index (κ1) is 22.0. The summed E-state index contributed by atoms with van der Waals surface area (Å²) in [6, 6.07) is 0. The fraction of sp³-hybridized carbons (Fsp3) is 0.600. The van der Waals surface area contributed by atoms with Crippen molar-refractivity contribution < 1.29 is 63.3 Å². The Labute approximate surface area is 125 Å². The first-order chi connectivity index (χ1) is 10.5. The summed E-state index contributed by atoms with van der Waals surface area (Å²) in [5.74, 6) is -11.3. The molecular weight excluding hydrogens is 374 g/mol. The van der Waals surface area contributed by atoms with Gasteiger partial charge in [0.1, 0.15) is 0 Å². The number of alkyl halides is 9. The van der Waals surface area contributed by atoms with Crippen molar-refractivity contribution in [1.82, 2.24) is 0 Å². The summed E-state index contributed by atoms with van der Waals surface area (Å²) >= 11 is 0. The van der Waals surface area contributed by atoms with Crippen LogP contribution < -0.4 is 0 Å². The second kappa shape index (κ2) is 6.47. The number of carbonyl (C=O) groups is 2. The number of carbonyl (C=O) groups excluding carboxylic acids is 1. The van der Waals surface area contributed by atoms with Crippen LogP contribution in [0.3, 0.4) is 0 Å².